The summed E-state index contributed by atoms with van der Waals surface area (Å²) >= 11 is 0. The van der Waals surface area contributed by atoms with Crippen molar-refractivity contribution in [3.8, 4) is 0 Å². The molecule has 0 saturated carbocycles. The second-order valence-electron chi connectivity index (χ2n) is 5.13. The zero-order valence-corrected chi connectivity index (χ0v) is 11.9. The number of hydrogen-bond acceptors (Lipinski definition) is 1. The zero-order chi connectivity index (χ0) is 12.1. The van der Waals surface area contributed by atoms with Crippen molar-refractivity contribution in [1.82, 2.24) is 4.90 Å². The lowest BCUT2D eigenvalue weighted by Crippen LogP contribution is -2.20. The molecule has 0 rings (SSSR count). The highest BCUT2D eigenvalue weighted by molar-refractivity contribution is 4.52. The summed E-state index contributed by atoms with van der Waals surface area (Å²) in [7, 11) is 2.26. The predicted molar refractivity (Wildman–Crippen MR) is 75.0 cm³/mol. The zero-order valence-electron chi connectivity index (χ0n) is 11.9. The molecule has 0 aliphatic rings. The Morgan fingerprint density at radius 2 is 1.00 bits per heavy atom. The molecule has 0 saturated heterocycles. The van der Waals surface area contributed by atoms with E-state index in [1.807, 2.05) is 0 Å². The summed E-state index contributed by atoms with van der Waals surface area (Å²) in [5.74, 6) is 0. The molecular weight excluding hydrogens is 194 g/mol. The van der Waals surface area contributed by atoms with Crippen LogP contribution in [0.1, 0.15) is 78.1 Å². The van der Waals surface area contributed by atoms with E-state index in [2.05, 4.69) is 25.8 Å². The Hall–Kier alpha value is -0.0400. The first-order valence-electron chi connectivity index (χ1n) is 7.49. The Labute approximate surface area is 104 Å². The molecule has 0 N–H and O–H groups in total. The van der Waals surface area contributed by atoms with E-state index in [1.54, 1.807) is 0 Å². The van der Waals surface area contributed by atoms with Gasteiger partial charge in [0, 0.05) is 0 Å². The fourth-order valence-corrected chi connectivity index (χ4v) is 2.06. The molecule has 1 heteroatoms. The fourth-order valence-electron chi connectivity index (χ4n) is 2.06. The minimum Gasteiger partial charge on any atom is -0.306 e. The third-order valence-electron chi connectivity index (χ3n) is 3.29. The maximum absolute atomic E-state index is 2.49. The molecule has 0 aliphatic heterocycles. The molecule has 1 nitrogen and oxygen atoms in total. The standard InChI is InChI=1S/C15H33N/c1-4-6-8-9-10-11-12-13-15-16(3)14-7-5-2/h4-15H2,1-3H3. The molecule has 98 valence electrons. The van der Waals surface area contributed by atoms with E-state index in [-0.39, 0.29) is 0 Å². The van der Waals surface area contributed by atoms with E-state index in [9.17, 15) is 0 Å². The van der Waals surface area contributed by atoms with Crippen LogP contribution in [0.15, 0.2) is 0 Å². The molecule has 0 aliphatic carbocycles. The molecule has 0 fully saturated rings. The second kappa shape index (κ2) is 13.0. The molecule has 0 radical (unpaired) electrons. The first-order chi connectivity index (χ1) is 7.81. The van der Waals surface area contributed by atoms with Gasteiger partial charge in [-0.15, -0.1) is 0 Å². The molecule has 0 heterocycles. The van der Waals surface area contributed by atoms with Crippen LogP contribution < -0.4 is 0 Å². The average molecular weight is 227 g/mol. The fraction of sp³-hybridized carbons (Fsp3) is 1.00. The van der Waals surface area contributed by atoms with Crippen molar-refractivity contribution < 1.29 is 0 Å². The first kappa shape index (κ1) is 16.0. The quantitative estimate of drug-likeness (QED) is 0.430. The molecule has 0 amide bonds. The highest BCUT2D eigenvalue weighted by Crippen LogP contribution is 2.08. The highest BCUT2D eigenvalue weighted by Gasteiger charge is 1.97. The summed E-state index contributed by atoms with van der Waals surface area (Å²) < 4.78 is 0. The van der Waals surface area contributed by atoms with Gasteiger partial charge < -0.3 is 4.90 Å². The van der Waals surface area contributed by atoms with Crippen LogP contribution in [0, 0.1) is 0 Å². The molecule has 0 atom stereocenters. The van der Waals surface area contributed by atoms with E-state index < -0.39 is 0 Å². The summed E-state index contributed by atoms with van der Waals surface area (Å²) in [4.78, 5) is 2.49. The van der Waals surface area contributed by atoms with E-state index >= 15 is 0 Å². The van der Waals surface area contributed by atoms with Crippen LogP contribution in [0.5, 0.6) is 0 Å². The van der Waals surface area contributed by atoms with Crippen molar-refractivity contribution in [3.63, 3.8) is 0 Å². The molecule has 0 spiro atoms. The lowest BCUT2D eigenvalue weighted by atomic mass is 10.1. The van der Waals surface area contributed by atoms with Crippen molar-refractivity contribution in [2.45, 2.75) is 78.1 Å². The molecular formula is C15H33N. The summed E-state index contributed by atoms with van der Waals surface area (Å²) in [5.41, 5.74) is 0. The van der Waals surface area contributed by atoms with Crippen LogP contribution >= 0.6 is 0 Å². The summed E-state index contributed by atoms with van der Waals surface area (Å²) in [6, 6.07) is 0. The van der Waals surface area contributed by atoms with E-state index in [4.69, 9.17) is 0 Å². The van der Waals surface area contributed by atoms with Crippen LogP contribution in [0.25, 0.3) is 0 Å². The Balaban J connectivity index is 3.02. The van der Waals surface area contributed by atoms with Gasteiger partial charge in [0.15, 0.2) is 0 Å². The molecule has 0 bridgehead atoms. The van der Waals surface area contributed by atoms with Crippen LogP contribution in [-0.4, -0.2) is 25.0 Å². The van der Waals surface area contributed by atoms with Crippen LogP contribution in [0.3, 0.4) is 0 Å². The first-order valence-corrected chi connectivity index (χ1v) is 7.49. The maximum Gasteiger partial charge on any atom is -0.00218 e. The monoisotopic (exact) mass is 227 g/mol. The van der Waals surface area contributed by atoms with Gasteiger partial charge in [0.2, 0.25) is 0 Å². The Kier molecular flexibility index (Phi) is 13.0. The smallest absolute Gasteiger partial charge is 0.00218 e. The van der Waals surface area contributed by atoms with E-state index in [0.29, 0.717) is 0 Å². The van der Waals surface area contributed by atoms with Crippen LogP contribution in [-0.2, 0) is 0 Å². The number of rotatable bonds is 12. The highest BCUT2D eigenvalue weighted by atomic mass is 15.1. The van der Waals surface area contributed by atoms with Gasteiger partial charge in [0.25, 0.3) is 0 Å². The van der Waals surface area contributed by atoms with Crippen molar-refractivity contribution in [1.29, 1.82) is 0 Å². The Bertz CT molecular complexity index is 123. The Morgan fingerprint density at radius 1 is 0.562 bits per heavy atom. The van der Waals surface area contributed by atoms with Gasteiger partial charge in [-0.3, -0.25) is 0 Å². The lowest BCUT2D eigenvalue weighted by molar-refractivity contribution is 0.318. The topological polar surface area (TPSA) is 3.24 Å². The minimum absolute atomic E-state index is 1.28. The summed E-state index contributed by atoms with van der Waals surface area (Å²) in [6.07, 6.45) is 14.1. The van der Waals surface area contributed by atoms with Gasteiger partial charge in [-0.05, 0) is 33.0 Å². The molecule has 0 unspecified atom stereocenters. The third kappa shape index (κ3) is 12.0. The molecule has 0 aromatic rings. The predicted octanol–water partition coefficient (Wildman–Crippen LogP) is 4.86. The van der Waals surface area contributed by atoms with Gasteiger partial charge in [-0.25, -0.2) is 0 Å². The number of unbranched alkanes of at least 4 members (excludes halogenated alkanes) is 8. The molecule has 16 heavy (non-hydrogen) atoms. The molecule has 0 aromatic carbocycles. The largest absolute Gasteiger partial charge is 0.306 e. The van der Waals surface area contributed by atoms with Crippen molar-refractivity contribution in [2.75, 3.05) is 20.1 Å². The van der Waals surface area contributed by atoms with Gasteiger partial charge in [-0.1, -0.05) is 65.2 Å². The van der Waals surface area contributed by atoms with Crippen molar-refractivity contribution >= 4 is 0 Å². The van der Waals surface area contributed by atoms with Gasteiger partial charge in [0.1, 0.15) is 0 Å². The van der Waals surface area contributed by atoms with Crippen LogP contribution in [0.2, 0.25) is 0 Å². The van der Waals surface area contributed by atoms with E-state index in [0.717, 1.165) is 0 Å². The van der Waals surface area contributed by atoms with Gasteiger partial charge in [0.05, 0.1) is 0 Å². The Morgan fingerprint density at radius 3 is 1.56 bits per heavy atom. The van der Waals surface area contributed by atoms with Crippen molar-refractivity contribution in [3.05, 3.63) is 0 Å². The summed E-state index contributed by atoms with van der Waals surface area (Å²) in [6.45, 7) is 7.14. The normalized spacial score (nSPS) is 11.2. The maximum atomic E-state index is 2.49. The lowest BCUT2D eigenvalue weighted by Gasteiger charge is -2.15. The average Bonchev–Trinajstić information content (AvgIpc) is 2.30. The van der Waals surface area contributed by atoms with Crippen LogP contribution in [0.4, 0.5) is 0 Å². The second-order valence-corrected chi connectivity index (χ2v) is 5.13. The molecule has 0 aromatic heterocycles. The van der Waals surface area contributed by atoms with Gasteiger partial charge in [-0.2, -0.15) is 0 Å². The summed E-state index contributed by atoms with van der Waals surface area (Å²) in [5, 5.41) is 0. The van der Waals surface area contributed by atoms with Gasteiger partial charge >= 0.3 is 0 Å². The number of hydrogen-bond donors (Lipinski definition) is 0. The SMILES string of the molecule is CCCCCCCCCCN(C)CCCC. The van der Waals surface area contributed by atoms with Crippen molar-refractivity contribution in [2.24, 2.45) is 0 Å². The number of nitrogens with zero attached hydrogens (tertiary/aromatic N) is 1. The van der Waals surface area contributed by atoms with E-state index in [1.165, 1.54) is 77.3 Å². The third-order valence-corrected chi connectivity index (χ3v) is 3.29. The minimum atomic E-state index is 1.28.